The van der Waals surface area contributed by atoms with Crippen molar-refractivity contribution in [1.82, 2.24) is 24.6 Å². The van der Waals surface area contributed by atoms with Crippen molar-refractivity contribution in [3.63, 3.8) is 0 Å². The zero-order valence-corrected chi connectivity index (χ0v) is 18.9. The molecule has 0 aliphatic carbocycles. The van der Waals surface area contributed by atoms with Crippen LogP contribution in [-0.4, -0.2) is 64.7 Å². The Balaban J connectivity index is 1.49. The molecule has 0 radical (unpaired) electrons. The molecule has 0 amide bonds. The van der Waals surface area contributed by atoms with Crippen LogP contribution >= 0.6 is 0 Å². The van der Waals surface area contributed by atoms with Gasteiger partial charge in [0, 0.05) is 49.6 Å². The van der Waals surface area contributed by atoms with E-state index in [1.165, 1.54) is 12.1 Å². The third-order valence-corrected chi connectivity index (χ3v) is 5.96. The van der Waals surface area contributed by atoms with Gasteiger partial charge >= 0.3 is 0 Å². The van der Waals surface area contributed by atoms with Gasteiger partial charge in [0.1, 0.15) is 11.6 Å². The van der Waals surface area contributed by atoms with E-state index in [0.29, 0.717) is 67.3 Å². The summed E-state index contributed by atoms with van der Waals surface area (Å²) in [5, 5.41) is 4.33. The second kappa shape index (κ2) is 9.92. The van der Waals surface area contributed by atoms with Gasteiger partial charge in [0.05, 0.1) is 55.5 Å². The normalized spacial score (nSPS) is 14.7. The zero-order chi connectivity index (χ0) is 23.5. The molecule has 1 saturated heterocycles. The maximum absolute atomic E-state index is 15.0. The highest BCUT2D eigenvalue weighted by Crippen LogP contribution is 2.31. The van der Waals surface area contributed by atoms with Crippen LogP contribution in [0, 0.1) is 11.6 Å². The SMILES string of the molecule is COCCn1cc(-c2cnc3cccc(-c4cc(F)c(CN5CCOCC5)c(F)c4)c3n2)cn1. The molecule has 0 saturated carbocycles. The molecule has 0 N–H and O–H groups in total. The maximum atomic E-state index is 15.0. The number of hydrogen-bond donors (Lipinski definition) is 0. The highest BCUT2D eigenvalue weighted by atomic mass is 19.1. The average molecular weight is 466 g/mol. The van der Waals surface area contributed by atoms with Gasteiger partial charge in [-0.2, -0.15) is 5.10 Å². The van der Waals surface area contributed by atoms with Crippen molar-refractivity contribution in [3.05, 3.63) is 66.1 Å². The van der Waals surface area contributed by atoms with Crippen LogP contribution in [0.4, 0.5) is 8.78 Å². The molecule has 5 rings (SSSR count). The maximum Gasteiger partial charge on any atom is 0.131 e. The topological polar surface area (TPSA) is 65.3 Å². The number of aromatic nitrogens is 4. The first kappa shape index (κ1) is 22.5. The number of halogens is 2. The summed E-state index contributed by atoms with van der Waals surface area (Å²) in [5.74, 6) is -1.14. The lowest BCUT2D eigenvalue weighted by atomic mass is 10.0. The summed E-state index contributed by atoms with van der Waals surface area (Å²) < 4.78 is 42.3. The van der Waals surface area contributed by atoms with E-state index >= 15 is 8.78 Å². The van der Waals surface area contributed by atoms with Crippen molar-refractivity contribution in [2.24, 2.45) is 0 Å². The quantitative estimate of drug-likeness (QED) is 0.412. The van der Waals surface area contributed by atoms with Crippen LogP contribution in [0.3, 0.4) is 0 Å². The fraction of sp³-hybridized carbons (Fsp3) is 0.320. The predicted octanol–water partition coefficient (Wildman–Crippen LogP) is 3.92. The minimum absolute atomic E-state index is 0.0705. The molecule has 4 aromatic rings. The number of morpholine rings is 1. The van der Waals surface area contributed by atoms with Gasteiger partial charge in [0.2, 0.25) is 0 Å². The van der Waals surface area contributed by atoms with E-state index in [0.717, 1.165) is 5.56 Å². The summed E-state index contributed by atoms with van der Waals surface area (Å²) in [5.41, 5.74) is 3.77. The number of benzene rings is 2. The fourth-order valence-corrected chi connectivity index (χ4v) is 4.10. The third-order valence-electron chi connectivity index (χ3n) is 5.96. The Morgan fingerprint density at radius 3 is 2.62 bits per heavy atom. The Hall–Kier alpha value is -3.27. The lowest BCUT2D eigenvalue weighted by molar-refractivity contribution is 0.0332. The van der Waals surface area contributed by atoms with Crippen LogP contribution < -0.4 is 0 Å². The first-order valence-electron chi connectivity index (χ1n) is 11.2. The number of para-hydroxylation sites is 1. The van der Waals surface area contributed by atoms with Gasteiger partial charge in [-0.25, -0.2) is 13.8 Å². The van der Waals surface area contributed by atoms with E-state index in [1.54, 1.807) is 30.3 Å². The van der Waals surface area contributed by atoms with Crippen LogP contribution in [0.25, 0.3) is 33.4 Å². The number of ether oxygens (including phenoxy) is 2. The van der Waals surface area contributed by atoms with Gasteiger partial charge in [-0.05, 0) is 23.8 Å². The van der Waals surface area contributed by atoms with Crippen molar-refractivity contribution in [2.75, 3.05) is 40.0 Å². The number of hydrogen-bond acceptors (Lipinski definition) is 6. The Kier molecular flexibility index (Phi) is 6.57. The molecule has 0 spiro atoms. The van der Waals surface area contributed by atoms with Gasteiger partial charge in [0.15, 0.2) is 0 Å². The monoisotopic (exact) mass is 465 g/mol. The van der Waals surface area contributed by atoms with E-state index in [4.69, 9.17) is 14.5 Å². The Labute approximate surface area is 196 Å². The molecule has 3 heterocycles. The predicted molar refractivity (Wildman–Crippen MR) is 124 cm³/mol. The van der Waals surface area contributed by atoms with Gasteiger partial charge in [0.25, 0.3) is 0 Å². The van der Waals surface area contributed by atoms with E-state index in [-0.39, 0.29) is 12.1 Å². The van der Waals surface area contributed by atoms with Crippen molar-refractivity contribution < 1.29 is 18.3 Å². The smallest absolute Gasteiger partial charge is 0.131 e. The molecule has 1 aliphatic rings. The number of rotatable bonds is 7. The Morgan fingerprint density at radius 2 is 1.85 bits per heavy atom. The molecule has 1 fully saturated rings. The van der Waals surface area contributed by atoms with E-state index < -0.39 is 11.6 Å². The number of fused-ring (bicyclic) bond motifs is 1. The van der Waals surface area contributed by atoms with Gasteiger partial charge in [-0.3, -0.25) is 14.6 Å². The van der Waals surface area contributed by atoms with Crippen molar-refractivity contribution in [3.8, 4) is 22.4 Å². The van der Waals surface area contributed by atoms with Crippen LogP contribution in [-0.2, 0) is 22.6 Å². The highest BCUT2D eigenvalue weighted by molar-refractivity contribution is 5.92. The molecule has 2 aromatic heterocycles. The summed E-state index contributed by atoms with van der Waals surface area (Å²) >= 11 is 0. The summed E-state index contributed by atoms with van der Waals surface area (Å²) in [6.45, 7) is 3.85. The summed E-state index contributed by atoms with van der Waals surface area (Å²) in [4.78, 5) is 11.3. The number of methoxy groups -OCH3 is 1. The Morgan fingerprint density at radius 1 is 1.06 bits per heavy atom. The minimum Gasteiger partial charge on any atom is -0.383 e. The van der Waals surface area contributed by atoms with Crippen molar-refractivity contribution >= 4 is 11.0 Å². The summed E-state index contributed by atoms with van der Waals surface area (Å²) in [6, 6.07) is 8.21. The fourth-order valence-electron chi connectivity index (χ4n) is 4.10. The summed E-state index contributed by atoms with van der Waals surface area (Å²) in [7, 11) is 1.64. The second-order valence-electron chi connectivity index (χ2n) is 8.22. The molecule has 0 atom stereocenters. The molecular weight excluding hydrogens is 440 g/mol. The molecule has 0 unspecified atom stereocenters. The minimum atomic E-state index is -0.568. The first-order valence-corrected chi connectivity index (χ1v) is 11.2. The molecule has 0 bridgehead atoms. The first-order chi connectivity index (χ1) is 16.6. The second-order valence-corrected chi connectivity index (χ2v) is 8.22. The van der Waals surface area contributed by atoms with Crippen LogP contribution in [0.5, 0.6) is 0 Å². The lowest BCUT2D eigenvalue weighted by Crippen LogP contribution is -2.36. The average Bonchev–Trinajstić information content (AvgIpc) is 3.34. The molecule has 176 valence electrons. The molecule has 2 aromatic carbocycles. The number of nitrogens with zero attached hydrogens (tertiary/aromatic N) is 5. The highest BCUT2D eigenvalue weighted by Gasteiger charge is 2.19. The van der Waals surface area contributed by atoms with Crippen LogP contribution in [0.1, 0.15) is 5.56 Å². The standard InChI is InChI=1S/C25H25F2N5O2/c1-33-8-7-32-15-18(13-29-32)24-14-28-23-4-2-3-19(25(23)30-24)17-11-21(26)20(22(27)12-17)16-31-5-9-34-10-6-31/h2-4,11-15H,5-10,16H2,1H3. The molecule has 7 nitrogen and oxygen atoms in total. The van der Waals surface area contributed by atoms with Crippen LogP contribution in [0.15, 0.2) is 48.9 Å². The van der Waals surface area contributed by atoms with Crippen molar-refractivity contribution in [1.29, 1.82) is 0 Å². The van der Waals surface area contributed by atoms with E-state index in [2.05, 4.69) is 10.1 Å². The van der Waals surface area contributed by atoms with Crippen molar-refractivity contribution in [2.45, 2.75) is 13.1 Å². The van der Waals surface area contributed by atoms with Crippen LogP contribution in [0.2, 0.25) is 0 Å². The largest absolute Gasteiger partial charge is 0.383 e. The van der Waals surface area contributed by atoms with E-state index in [9.17, 15) is 0 Å². The molecule has 9 heteroatoms. The van der Waals surface area contributed by atoms with E-state index in [1.807, 2.05) is 23.2 Å². The lowest BCUT2D eigenvalue weighted by Gasteiger charge is -2.27. The van der Waals surface area contributed by atoms with Gasteiger partial charge in [-0.1, -0.05) is 12.1 Å². The Bertz CT molecular complexity index is 1280. The van der Waals surface area contributed by atoms with Gasteiger partial charge < -0.3 is 9.47 Å². The third kappa shape index (κ3) is 4.68. The molecular formula is C25H25F2N5O2. The van der Waals surface area contributed by atoms with Gasteiger partial charge in [-0.15, -0.1) is 0 Å². The molecule has 1 aliphatic heterocycles. The zero-order valence-electron chi connectivity index (χ0n) is 18.9. The summed E-state index contributed by atoms with van der Waals surface area (Å²) in [6.07, 6.45) is 5.27. The molecule has 34 heavy (non-hydrogen) atoms.